The molecule has 1 aromatic heterocycles. The van der Waals surface area contributed by atoms with E-state index in [1.54, 1.807) is 6.26 Å². The molecule has 2 aromatic rings. The Morgan fingerprint density at radius 1 is 1.25 bits per heavy atom. The van der Waals surface area contributed by atoms with E-state index < -0.39 is 0 Å². The second-order valence-corrected chi connectivity index (χ2v) is 6.45. The molecule has 3 unspecified atom stereocenters. The standard InChI is InChI=1S/C18H21NO/c1-11(19)16-10-12-5-6-14(9-12)17(16)15-4-2-3-13-7-8-20-18(13)15/h2-4,7-8,11-12,14H,5-6,9-10,19H2,1H3. The smallest absolute Gasteiger partial charge is 0.141 e. The van der Waals surface area contributed by atoms with Gasteiger partial charge in [0.15, 0.2) is 0 Å². The Morgan fingerprint density at radius 3 is 3.00 bits per heavy atom. The van der Waals surface area contributed by atoms with Crippen LogP contribution in [0.3, 0.4) is 0 Å². The molecule has 0 amide bonds. The molecule has 2 bridgehead atoms. The van der Waals surface area contributed by atoms with Crippen LogP contribution in [0.4, 0.5) is 0 Å². The topological polar surface area (TPSA) is 39.2 Å². The lowest BCUT2D eigenvalue weighted by Gasteiger charge is -2.29. The van der Waals surface area contributed by atoms with Crippen LogP contribution in [0.15, 0.2) is 40.5 Å². The van der Waals surface area contributed by atoms with E-state index >= 15 is 0 Å². The van der Waals surface area contributed by atoms with Crippen molar-refractivity contribution in [1.29, 1.82) is 0 Å². The van der Waals surface area contributed by atoms with Gasteiger partial charge in [-0.2, -0.15) is 0 Å². The minimum Gasteiger partial charge on any atom is -0.464 e. The molecule has 104 valence electrons. The van der Waals surface area contributed by atoms with Crippen molar-refractivity contribution in [2.75, 3.05) is 0 Å². The van der Waals surface area contributed by atoms with Gasteiger partial charge in [-0.1, -0.05) is 18.2 Å². The fourth-order valence-electron chi connectivity index (χ4n) is 4.23. The lowest BCUT2D eigenvalue weighted by atomic mass is 9.77. The zero-order valence-electron chi connectivity index (χ0n) is 11.9. The Kier molecular flexibility index (Phi) is 2.74. The summed E-state index contributed by atoms with van der Waals surface area (Å²) >= 11 is 0. The molecule has 0 spiro atoms. The maximum Gasteiger partial charge on any atom is 0.141 e. The molecule has 1 heterocycles. The van der Waals surface area contributed by atoms with E-state index in [2.05, 4.69) is 25.1 Å². The summed E-state index contributed by atoms with van der Waals surface area (Å²) < 4.78 is 5.76. The molecule has 0 aliphatic heterocycles. The van der Waals surface area contributed by atoms with Crippen LogP contribution in [0.1, 0.15) is 38.2 Å². The van der Waals surface area contributed by atoms with E-state index in [9.17, 15) is 0 Å². The summed E-state index contributed by atoms with van der Waals surface area (Å²) in [7, 11) is 0. The number of rotatable bonds is 2. The van der Waals surface area contributed by atoms with E-state index in [0.29, 0.717) is 5.92 Å². The van der Waals surface area contributed by atoms with Crippen LogP contribution in [-0.4, -0.2) is 6.04 Å². The second kappa shape index (κ2) is 4.49. The largest absolute Gasteiger partial charge is 0.464 e. The van der Waals surface area contributed by atoms with Crippen LogP contribution in [0, 0.1) is 11.8 Å². The van der Waals surface area contributed by atoms with Crippen LogP contribution in [0.5, 0.6) is 0 Å². The molecule has 1 saturated carbocycles. The maximum atomic E-state index is 6.28. The van der Waals surface area contributed by atoms with Crippen LogP contribution in [0.2, 0.25) is 0 Å². The lowest BCUT2D eigenvalue weighted by Crippen LogP contribution is -2.24. The molecular formula is C18H21NO. The summed E-state index contributed by atoms with van der Waals surface area (Å²) in [6.07, 6.45) is 6.98. The quantitative estimate of drug-likeness (QED) is 0.878. The van der Waals surface area contributed by atoms with E-state index in [-0.39, 0.29) is 6.04 Å². The first-order valence-corrected chi connectivity index (χ1v) is 7.69. The Labute approximate surface area is 119 Å². The van der Waals surface area contributed by atoms with Crippen LogP contribution >= 0.6 is 0 Å². The van der Waals surface area contributed by atoms with Gasteiger partial charge in [-0.15, -0.1) is 0 Å². The van der Waals surface area contributed by atoms with Gasteiger partial charge < -0.3 is 10.2 Å². The average molecular weight is 267 g/mol. The van der Waals surface area contributed by atoms with Crippen molar-refractivity contribution in [3.63, 3.8) is 0 Å². The molecule has 2 N–H and O–H groups in total. The minimum atomic E-state index is 0.151. The van der Waals surface area contributed by atoms with Gasteiger partial charge in [-0.3, -0.25) is 0 Å². The predicted octanol–water partition coefficient (Wildman–Crippen LogP) is 4.35. The minimum absolute atomic E-state index is 0.151. The summed E-state index contributed by atoms with van der Waals surface area (Å²) in [5.41, 5.74) is 11.6. The molecule has 3 atom stereocenters. The molecular weight excluding hydrogens is 246 g/mol. The monoisotopic (exact) mass is 267 g/mol. The van der Waals surface area contributed by atoms with Crippen molar-refractivity contribution >= 4 is 16.5 Å². The van der Waals surface area contributed by atoms with Gasteiger partial charge in [-0.25, -0.2) is 0 Å². The third-order valence-electron chi connectivity index (χ3n) is 5.12. The summed E-state index contributed by atoms with van der Waals surface area (Å²) in [6, 6.07) is 8.67. The molecule has 0 radical (unpaired) electrons. The Balaban J connectivity index is 1.95. The summed E-state index contributed by atoms with van der Waals surface area (Å²) in [6.45, 7) is 2.13. The van der Waals surface area contributed by atoms with Crippen molar-refractivity contribution in [2.45, 2.75) is 38.6 Å². The molecule has 4 rings (SSSR count). The van der Waals surface area contributed by atoms with Crippen molar-refractivity contribution in [2.24, 2.45) is 17.6 Å². The highest BCUT2D eigenvalue weighted by atomic mass is 16.3. The van der Waals surface area contributed by atoms with Crippen LogP contribution < -0.4 is 5.73 Å². The number of hydrogen-bond acceptors (Lipinski definition) is 2. The Bertz CT molecular complexity index is 680. The SMILES string of the molecule is CC(N)C1=C(c2cccc3ccoc23)C2CCC(C1)C2. The van der Waals surface area contributed by atoms with Crippen LogP contribution in [-0.2, 0) is 0 Å². The van der Waals surface area contributed by atoms with Crippen molar-refractivity contribution < 1.29 is 4.42 Å². The van der Waals surface area contributed by atoms with Gasteiger partial charge in [0, 0.05) is 17.0 Å². The lowest BCUT2D eigenvalue weighted by molar-refractivity contribution is 0.494. The first-order chi connectivity index (χ1) is 9.74. The number of allylic oxidation sites excluding steroid dienone is 1. The van der Waals surface area contributed by atoms with Crippen molar-refractivity contribution in [3.8, 4) is 0 Å². The molecule has 0 saturated heterocycles. The predicted molar refractivity (Wildman–Crippen MR) is 82.2 cm³/mol. The number of furan rings is 1. The van der Waals surface area contributed by atoms with Gasteiger partial charge in [0.2, 0.25) is 0 Å². The summed E-state index contributed by atoms with van der Waals surface area (Å²) in [5, 5.41) is 1.19. The highest BCUT2D eigenvalue weighted by Crippen LogP contribution is 2.50. The fourth-order valence-corrected chi connectivity index (χ4v) is 4.23. The number of fused-ring (bicyclic) bond motifs is 3. The second-order valence-electron chi connectivity index (χ2n) is 6.45. The Morgan fingerprint density at radius 2 is 2.15 bits per heavy atom. The van der Waals surface area contributed by atoms with E-state index in [1.165, 1.54) is 47.8 Å². The van der Waals surface area contributed by atoms with Gasteiger partial charge in [0.1, 0.15) is 5.58 Å². The van der Waals surface area contributed by atoms with Gasteiger partial charge in [0.05, 0.1) is 6.26 Å². The third kappa shape index (κ3) is 1.75. The molecule has 1 fully saturated rings. The fraction of sp³-hybridized carbons (Fsp3) is 0.444. The molecule has 20 heavy (non-hydrogen) atoms. The molecule has 1 aromatic carbocycles. The number of nitrogens with two attached hydrogens (primary N) is 1. The molecule has 2 nitrogen and oxygen atoms in total. The van der Waals surface area contributed by atoms with Crippen molar-refractivity contribution in [1.82, 2.24) is 0 Å². The highest BCUT2D eigenvalue weighted by molar-refractivity contribution is 5.91. The van der Waals surface area contributed by atoms with E-state index in [0.717, 1.165) is 11.5 Å². The van der Waals surface area contributed by atoms with Crippen LogP contribution in [0.25, 0.3) is 16.5 Å². The highest BCUT2D eigenvalue weighted by Gasteiger charge is 2.36. The van der Waals surface area contributed by atoms with E-state index in [1.807, 2.05) is 6.07 Å². The summed E-state index contributed by atoms with van der Waals surface area (Å²) in [5.74, 6) is 1.55. The Hall–Kier alpha value is -1.54. The zero-order chi connectivity index (χ0) is 13.7. The molecule has 2 aliphatic carbocycles. The average Bonchev–Trinajstić information content (AvgIpc) is 3.05. The maximum absolute atomic E-state index is 6.28. The number of para-hydroxylation sites is 1. The van der Waals surface area contributed by atoms with E-state index in [4.69, 9.17) is 10.2 Å². The van der Waals surface area contributed by atoms with Gasteiger partial charge >= 0.3 is 0 Å². The zero-order valence-corrected chi connectivity index (χ0v) is 11.9. The first kappa shape index (κ1) is 12.2. The normalized spacial score (nSPS) is 27.3. The van der Waals surface area contributed by atoms with Crippen molar-refractivity contribution in [3.05, 3.63) is 41.7 Å². The van der Waals surface area contributed by atoms with Gasteiger partial charge in [-0.05, 0) is 61.7 Å². The third-order valence-corrected chi connectivity index (χ3v) is 5.12. The number of hydrogen-bond donors (Lipinski definition) is 1. The number of benzene rings is 1. The van der Waals surface area contributed by atoms with Gasteiger partial charge in [0.25, 0.3) is 0 Å². The molecule has 2 heteroatoms. The molecule has 2 aliphatic rings. The summed E-state index contributed by atoms with van der Waals surface area (Å²) in [4.78, 5) is 0. The first-order valence-electron chi connectivity index (χ1n) is 7.69.